The first-order valence-corrected chi connectivity index (χ1v) is 21.1. The lowest BCUT2D eigenvalue weighted by atomic mass is 9.81. The number of anilines is 1. The van der Waals surface area contributed by atoms with E-state index < -0.39 is 11.6 Å². The van der Waals surface area contributed by atoms with Crippen LogP contribution in [-0.4, -0.2) is 60.8 Å². The van der Waals surface area contributed by atoms with Crippen LogP contribution in [0.15, 0.2) is 134 Å². The molecule has 0 atom stereocenters. The lowest BCUT2D eigenvalue weighted by molar-refractivity contribution is -0.436. The van der Waals surface area contributed by atoms with Crippen molar-refractivity contribution in [1.29, 1.82) is 0 Å². The largest absolute Gasteiger partial charge is 0.490 e. The topological polar surface area (TPSA) is 150 Å². The van der Waals surface area contributed by atoms with Gasteiger partial charge in [-0.3, -0.25) is 4.79 Å². The van der Waals surface area contributed by atoms with Crippen LogP contribution in [0.25, 0.3) is 21.4 Å². The lowest BCUT2D eigenvalue weighted by Gasteiger charge is -2.27. The average molecular weight is 825 g/mol. The van der Waals surface area contributed by atoms with Crippen molar-refractivity contribution < 1.29 is 33.1 Å². The van der Waals surface area contributed by atoms with Gasteiger partial charge in [-0.15, -0.1) is 0 Å². The van der Waals surface area contributed by atoms with Crippen LogP contribution in [0.4, 0.5) is 11.4 Å². The summed E-state index contributed by atoms with van der Waals surface area (Å²) in [6, 6.07) is 23.4. The summed E-state index contributed by atoms with van der Waals surface area (Å²) >= 11 is 0. The predicted octanol–water partition coefficient (Wildman–Crippen LogP) is 10.4. The van der Waals surface area contributed by atoms with Gasteiger partial charge in [0.25, 0.3) is 0 Å². The molecule has 1 aromatic heterocycles. The maximum atomic E-state index is 12.7. The summed E-state index contributed by atoms with van der Waals surface area (Å²) in [4.78, 5) is 29.8. The summed E-state index contributed by atoms with van der Waals surface area (Å²) in [6.45, 7) is 13.4. The van der Waals surface area contributed by atoms with Crippen LogP contribution in [0.3, 0.4) is 0 Å². The van der Waals surface area contributed by atoms with Gasteiger partial charge in [0.2, 0.25) is 5.69 Å². The number of para-hydroxylation sites is 2. The third kappa shape index (κ3) is 9.06. The van der Waals surface area contributed by atoms with Gasteiger partial charge in [0.15, 0.2) is 12.3 Å². The van der Waals surface area contributed by atoms with E-state index in [1.54, 1.807) is 6.07 Å². The molecule has 12 nitrogen and oxygen atoms in total. The normalized spacial score (nSPS) is 18.0. The number of hydrogen-bond acceptors (Lipinski definition) is 8. The van der Waals surface area contributed by atoms with Crippen molar-refractivity contribution in [2.45, 2.75) is 77.6 Å². The number of azide groups is 1. The van der Waals surface area contributed by atoms with E-state index >= 15 is 0 Å². The Morgan fingerprint density at radius 2 is 1.77 bits per heavy atom. The van der Waals surface area contributed by atoms with Gasteiger partial charge >= 0.3 is 11.6 Å². The molecule has 3 aromatic carbocycles. The molecule has 12 heteroatoms. The molecule has 0 fully saturated rings. The standard InChI is InChI=1S/C49H53N5O7/c1-6-58-29-30-59-41-32-46(57)61-42-31-35(21-22-36(41)42)60-47-33(19-23-43-48(2,3)37-15-7-9-17-39(37)53(43)27-12-26-51-52-50)13-11-14-34(47)20-24-44-49(4,5)38-16-8-10-18-40(38)54(44)28-25-45(55)56/h7-10,15-24,31-32H,6,11-14,25-30H2,1-5H3/p+1. The van der Waals surface area contributed by atoms with E-state index in [4.69, 9.17) is 24.2 Å². The molecule has 3 aliphatic rings. The second kappa shape index (κ2) is 18.5. The first kappa shape index (κ1) is 42.8. The number of hydrogen-bond donors (Lipinski definition) is 1. The minimum absolute atomic E-state index is 0.000496. The molecule has 0 bridgehead atoms. The number of rotatable bonds is 17. The van der Waals surface area contributed by atoms with Crippen molar-refractivity contribution in [3.63, 3.8) is 0 Å². The van der Waals surface area contributed by atoms with Gasteiger partial charge in [-0.25, -0.2) is 4.79 Å². The molecule has 0 unspecified atom stereocenters. The summed E-state index contributed by atoms with van der Waals surface area (Å²) in [5.41, 5.74) is 16.7. The molecule has 1 aliphatic carbocycles. The van der Waals surface area contributed by atoms with Crippen molar-refractivity contribution in [3.8, 4) is 11.5 Å². The predicted molar refractivity (Wildman–Crippen MR) is 238 cm³/mol. The summed E-state index contributed by atoms with van der Waals surface area (Å²) in [7, 11) is 0. The van der Waals surface area contributed by atoms with Crippen LogP contribution in [0, 0.1) is 0 Å². The minimum atomic E-state index is -0.849. The molecule has 0 saturated carbocycles. The molecular formula is C49H54N5O7+. The van der Waals surface area contributed by atoms with E-state index in [-0.39, 0.29) is 17.3 Å². The molecule has 0 saturated heterocycles. The van der Waals surface area contributed by atoms with Crippen LogP contribution >= 0.6 is 0 Å². The van der Waals surface area contributed by atoms with Gasteiger partial charge in [0.05, 0.1) is 23.5 Å². The molecule has 0 radical (unpaired) electrons. The van der Waals surface area contributed by atoms with Gasteiger partial charge in [-0.2, -0.15) is 4.58 Å². The summed E-state index contributed by atoms with van der Waals surface area (Å²) in [5, 5.41) is 14.1. The van der Waals surface area contributed by atoms with Crippen LogP contribution < -0.4 is 20.0 Å². The van der Waals surface area contributed by atoms with Crippen molar-refractivity contribution in [2.75, 3.05) is 44.4 Å². The quantitative estimate of drug-likeness (QED) is 0.0276. The maximum Gasteiger partial charge on any atom is 0.339 e. The van der Waals surface area contributed by atoms with Crippen molar-refractivity contribution in [2.24, 2.45) is 5.11 Å². The molecule has 61 heavy (non-hydrogen) atoms. The fourth-order valence-corrected chi connectivity index (χ4v) is 8.80. The summed E-state index contributed by atoms with van der Waals surface area (Å²) < 4.78 is 26.1. The third-order valence-electron chi connectivity index (χ3n) is 11.8. The van der Waals surface area contributed by atoms with E-state index in [0.717, 1.165) is 58.8 Å². The molecule has 7 rings (SSSR count). The van der Waals surface area contributed by atoms with Crippen molar-refractivity contribution in [3.05, 3.63) is 152 Å². The Kier molecular flexibility index (Phi) is 13.0. The minimum Gasteiger partial charge on any atom is -0.490 e. The number of ether oxygens (including phenoxy) is 3. The molecule has 4 aromatic rings. The molecule has 0 amide bonds. The second-order valence-electron chi connectivity index (χ2n) is 16.4. The Balaban J connectivity index is 1.33. The Hall–Kier alpha value is -6.36. The number of carboxylic acid groups (broad SMARTS) is 1. The van der Waals surface area contributed by atoms with E-state index in [1.165, 1.54) is 11.6 Å². The number of aliphatic carboxylic acids is 1. The van der Waals surface area contributed by atoms with E-state index in [1.807, 2.05) is 31.2 Å². The lowest BCUT2D eigenvalue weighted by Crippen LogP contribution is -2.28. The zero-order chi connectivity index (χ0) is 43.1. The SMILES string of the molecule is CCOCCOc1cc(=O)oc2cc(OC3=C(/C=C/C4=[N+](CCC(=O)O)c5ccccc5C4(C)C)CCC/C3=C\C=C3\N(CCCN=[N+]=[N-])c4ccccc4C3(C)C)ccc12. The third-order valence-corrected chi connectivity index (χ3v) is 11.8. The first-order chi connectivity index (χ1) is 29.4. The zero-order valence-electron chi connectivity index (χ0n) is 35.6. The smallest absolute Gasteiger partial charge is 0.339 e. The molecule has 0 spiro atoms. The zero-order valence-corrected chi connectivity index (χ0v) is 35.6. The van der Waals surface area contributed by atoms with E-state index in [9.17, 15) is 14.7 Å². The highest BCUT2D eigenvalue weighted by molar-refractivity contribution is 6.03. The molecule has 2 aliphatic heterocycles. The van der Waals surface area contributed by atoms with Gasteiger partial charge in [0, 0.05) is 65.2 Å². The number of carboxylic acids is 1. The number of fused-ring (bicyclic) bond motifs is 3. The molecule has 1 N–H and O–H groups in total. The Labute approximate surface area is 356 Å². The van der Waals surface area contributed by atoms with Crippen molar-refractivity contribution >= 4 is 34.0 Å². The highest BCUT2D eigenvalue weighted by Crippen LogP contribution is 2.48. The fourth-order valence-electron chi connectivity index (χ4n) is 8.80. The van der Waals surface area contributed by atoms with Gasteiger partial charge < -0.3 is 28.6 Å². The van der Waals surface area contributed by atoms with Crippen LogP contribution in [0.5, 0.6) is 11.5 Å². The monoisotopic (exact) mass is 824 g/mol. The highest BCUT2D eigenvalue weighted by Gasteiger charge is 2.44. The summed E-state index contributed by atoms with van der Waals surface area (Å²) in [6.07, 6.45) is 11.7. The fraction of sp³-hybridized carbons (Fsp3) is 0.367. The molecular weight excluding hydrogens is 771 g/mol. The van der Waals surface area contributed by atoms with Crippen LogP contribution in [-0.2, 0) is 20.4 Å². The molecule has 3 heterocycles. The van der Waals surface area contributed by atoms with E-state index in [0.29, 0.717) is 74.1 Å². The number of carbonyl (C=O) groups is 1. The molecule has 316 valence electrons. The second-order valence-corrected chi connectivity index (χ2v) is 16.4. The number of benzene rings is 3. The van der Waals surface area contributed by atoms with Crippen LogP contribution in [0.1, 0.15) is 77.8 Å². The van der Waals surface area contributed by atoms with E-state index in [2.05, 4.69) is 108 Å². The summed E-state index contributed by atoms with van der Waals surface area (Å²) in [5.74, 6) is 0.776. The highest BCUT2D eigenvalue weighted by atomic mass is 16.5. The van der Waals surface area contributed by atoms with Crippen LogP contribution in [0.2, 0.25) is 0 Å². The van der Waals surface area contributed by atoms with Gasteiger partial charge in [-0.05, 0) is 99.0 Å². The van der Waals surface area contributed by atoms with Gasteiger partial charge in [-0.1, -0.05) is 61.4 Å². The Bertz CT molecular complexity index is 2590. The maximum absolute atomic E-state index is 12.7. The average Bonchev–Trinajstić information content (AvgIpc) is 3.59. The Morgan fingerprint density at radius 1 is 0.984 bits per heavy atom. The number of nitrogens with zero attached hydrogens (tertiary/aromatic N) is 5. The van der Waals surface area contributed by atoms with Crippen molar-refractivity contribution in [1.82, 2.24) is 0 Å². The number of allylic oxidation sites excluding steroid dienone is 7. The van der Waals surface area contributed by atoms with Gasteiger partial charge in [0.1, 0.15) is 35.9 Å². The Morgan fingerprint density at radius 3 is 2.56 bits per heavy atom. The first-order valence-electron chi connectivity index (χ1n) is 21.1.